The molecule has 0 aromatic heterocycles. The first kappa shape index (κ1) is 12.2. The summed E-state index contributed by atoms with van der Waals surface area (Å²) in [6.45, 7) is 4.10. The van der Waals surface area contributed by atoms with Gasteiger partial charge in [-0.3, -0.25) is 0 Å². The lowest BCUT2D eigenvalue weighted by Crippen LogP contribution is -2.42. The van der Waals surface area contributed by atoms with Gasteiger partial charge in [-0.15, -0.1) is 0 Å². The van der Waals surface area contributed by atoms with Crippen LogP contribution in [0.4, 0.5) is 0 Å². The fraction of sp³-hybridized carbons (Fsp3) is 0.625. The minimum atomic E-state index is -0.103. The molecule has 1 aromatic rings. The minimum absolute atomic E-state index is 0.103. The van der Waals surface area contributed by atoms with E-state index < -0.39 is 0 Å². The average molecular weight is 244 g/mol. The van der Waals surface area contributed by atoms with Gasteiger partial charge in [0.05, 0.1) is 0 Å². The van der Waals surface area contributed by atoms with E-state index in [0.717, 1.165) is 19.0 Å². The first-order chi connectivity index (χ1) is 8.67. The van der Waals surface area contributed by atoms with Gasteiger partial charge in [-0.1, -0.05) is 37.1 Å². The highest BCUT2D eigenvalue weighted by molar-refractivity contribution is 5.32. The Kier molecular flexibility index (Phi) is 3.16. The number of nitrogens with one attached hydrogen (secondary N) is 1. The summed E-state index contributed by atoms with van der Waals surface area (Å²) in [5.41, 5.74) is 9.25. The molecule has 1 saturated carbocycles. The third kappa shape index (κ3) is 2.19. The summed E-state index contributed by atoms with van der Waals surface area (Å²) in [4.78, 5) is 0. The SMILES string of the molecule is CC1(N)CNCC1c1cccc(C2CCCC2)c1. The van der Waals surface area contributed by atoms with E-state index in [1.807, 2.05) is 0 Å². The molecular formula is C16H24N2. The molecule has 2 fully saturated rings. The molecular weight excluding hydrogens is 220 g/mol. The largest absolute Gasteiger partial charge is 0.324 e. The van der Waals surface area contributed by atoms with E-state index in [1.54, 1.807) is 0 Å². The molecule has 1 aliphatic heterocycles. The van der Waals surface area contributed by atoms with E-state index in [9.17, 15) is 0 Å². The molecule has 2 aliphatic rings. The Morgan fingerprint density at radius 3 is 2.61 bits per heavy atom. The number of hydrogen-bond donors (Lipinski definition) is 2. The van der Waals surface area contributed by atoms with Crippen LogP contribution < -0.4 is 11.1 Å². The van der Waals surface area contributed by atoms with Crippen LogP contribution in [-0.2, 0) is 0 Å². The lowest BCUT2D eigenvalue weighted by Gasteiger charge is -2.26. The van der Waals surface area contributed by atoms with Crippen LogP contribution in [0.2, 0.25) is 0 Å². The summed E-state index contributed by atoms with van der Waals surface area (Å²) in [7, 11) is 0. The Bertz CT molecular complexity index is 419. The summed E-state index contributed by atoms with van der Waals surface area (Å²) in [5.74, 6) is 1.25. The summed E-state index contributed by atoms with van der Waals surface area (Å²) in [6, 6.07) is 9.19. The molecule has 0 bridgehead atoms. The Morgan fingerprint density at radius 2 is 1.94 bits per heavy atom. The average Bonchev–Trinajstić information content (AvgIpc) is 2.98. The third-order valence-electron chi connectivity index (χ3n) is 4.79. The second-order valence-corrected chi connectivity index (χ2v) is 6.34. The summed E-state index contributed by atoms with van der Waals surface area (Å²) in [5, 5.41) is 3.43. The van der Waals surface area contributed by atoms with E-state index in [-0.39, 0.29) is 5.54 Å². The minimum Gasteiger partial charge on any atom is -0.324 e. The van der Waals surface area contributed by atoms with Crippen LogP contribution in [0.15, 0.2) is 24.3 Å². The van der Waals surface area contributed by atoms with Crippen molar-refractivity contribution in [2.45, 2.75) is 50.0 Å². The molecule has 2 nitrogen and oxygen atoms in total. The Hall–Kier alpha value is -0.860. The molecule has 2 heteroatoms. The van der Waals surface area contributed by atoms with Gasteiger partial charge in [0.15, 0.2) is 0 Å². The monoisotopic (exact) mass is 244 g/mol. The van der Waals surface area contributed by atoms with Gasteiger partial charge in [0.1, 0.15) is 0 Å². The maximum absolute atomic E-state index is 6.40. The smallest absolute Gasteiger partial charge is 0.0333 e. The van der Waals surface area contributed by atoms with Crippen molar-refractivity contribution >= 4 is 0 Å². The summed E-state index contributed by atoms with van der Waals surface area (Å²) >= 11 is 0. The van der Waals surface area contributed by atoms with Crippen molar-refractivity contribution in [1.29, 1.82) is 0 Å². The molecule has 18 heavy (non-hydrogen) atoms. The van der Waals surface area contributed by atoms with Crippen molar-refractivity contribution in [1.82, 2.24) is 5.32 Å². The molecule has 3 rings (SSSR count). The topological polar surface area (TPSA) is 38.0 Å². The van der Waals surface area contributed by atoms with Crippen LogP contribution in [0.3, 0.4) is 0 Å². The van der Waals surface area contributed by atoms with Gasteiger partial charge >= 0.3 is 0 Å². The van der Waals surface area contributed by atoms with Crippen molar-refractivity contribution in [2.24, 2.45) is 5.73 Å². The zero-order valence-electron chi connectivity index (χ0n) is 11.3. The van der Waals surface area contributed by atoms with Crippen molar-refractivity contribution < 1.29 is 0 Å². The number of benzene rings is 1. The number of rotatable bonds is 2. The highest BCUT2D eigenvalue weighted by Crippen LogP contribution is 2.36. The predicted molar refractivity (Wildman–Crippen MR) is 75.9 cm³/mol. The van der Waals surface area contributed by atoms with Crippen LogP contribution in [0.25, 0.3) is 0 Å². The maximum atomic E-state index is 6.40. The fourth-order valence-corrected chi connectivity index (χ4v) is 3.63. The Balaban J connectivity index is 1.86. The third-order valence-corrected chi connectivity index (χ3v) is 4.79. The first-order valence-electron chi connectivity index (χ1n) is 7.26. The predicted octanol–water partition coefficient (Wildman–Crippen LogP) is 2.75. The molecule has 0 radical (unpaired) electrons. The molecule has 0 spiro atoms. The van der Waals surface area contributed by atoms with Crippen LogP contribution in [0.5, 0.6) is 0 Å². The summed E-state index contributed by atoms with van der Waals surface area (Å²) in [6.07, 6.45) is 5.53. The molecule has 98 valence electrons. The highest BCUT2D eigenvalue weighted by Gasteiger charge is 2.36. The van der Waals surface area contributed by atoms with Crippen LogP contribution in [-0.4, -0.2) is 18.6 Å². The zero-order valence-corrected chi connectivity index (χ0v) is 11.3. The molecule has 1 heterocycles. The van der Waals surface area contributed by atoms with Gasteiger partial charge in [-0.05, 0) is 36.8 Å². The van der Waals surface area contributed by atoms with Crippen LogP contribution in [0.1, 0.15) is 55.6 Å². The highest BCUT2D eigenvalue weighted by atomic mass is 15.0. The molecule has 1 saturated heterocycles. The summed E-state index contributed by atoms with van der Waals surface area (Å²) < 4.78 is 0. The first-order valence-corrected chi connectivity index (χ1v) is 7.26. The van der Waals surface area contributed by atoms with Gasteiger partial charge in [0.2, 0.25) is 0 Å². The van der Waals surface area contributed by atoms with Crippen molar-refractivity contribution in [3.8, 4) is 0 Å². The fourth-order valence-electron chi connectivity index (χ4n) is 3.63. The number of hydrogen-bond acceptors (Lipinski definition) is 2. The van der Waals surface area contributed by atoms with Gasteiger partial charge < -0.3 is 11.1 Å². The van der Waals surface area contributed by atoms with E-state index in [1.165, 1.54) is 36.8 Å². The van der Waals surface area contributed by atoms with Crippen LogP contribution >= 0.6 is 0 Å². The Morgan fingerprint density at radius 1 is 1.22 bits per heavy atom. The normalized spacial score (nSPS) is 33.1. The molecule has 2 unspecified atom stereocenters. The maximum Gasteiger partial charge on any atom is 0.0333 e. The van der Waals surface area contributed by atoms with E-state index in [0.29, 0.717) is 5.92 Å². The molecule has 0 amide bonds. The van der Waals surface area contributed by atoms with E-state index in [4.69, 9.17) is 5.73 Å². The van der Waals surface area contributed by atoms with Crippen molar-refractivity contribution in [2.75, 3.05) is 13.1 Å². The molecule has 3 N–H and O–H groups in total. The van der Waals surface area contributed by atoms with Gasteiger partial charge in [0, 0.05) is 24.5 Å². The van der Waals surface area contributed by atoms with Gasteiger partial charge in [-0.25, -0.2) is 0 Å². The van der Waals surface area contributed by atoms with Gasteiger partial charge in [-0.2, -0.15) is 0 Å². The van der Waals surface area contributed by atoms with E-state index in [2.05, 4.69) is 36.5 Å². The Labute approximate surface area is 110 Å². The van der Waals surface area contributed by atoms with Crippen molar-refractivity contribution in [3.05, 3.63) is 35.4 Å². The zero-order chi connectivity index (χ0) is 12.6. The second-order valence-electron chi connectivity index (χ2n) is 6.34. The van der Waals surface area contributed by atoms with Crippen molar-refractivity contribution in [3.63, 3.8) is 0 Å². The lowest BCUT2D eigenvalue weighted by atomic mass is 9.82. The molecule has 1 aromatic carbocycles. The van der Waals surface area contributed by atoms with Gasteiger partial charge in [0.25, 0.3) is 0 Å². The quantitative estimate of drug-likeness (QED) is 0.839. The molecule has 1 aliphatic carbocycles. The van der Waals surface area contributed by atoms with Crippen LogP contribution in [0, 0.1) is 0 Å². The lowest BCUT2D eigenvalue weighted by molar-refractivity contribution is 0.462. The standard InChI is InChI=1S/C16H24N2/c1-16(17)11-18-10-15(16)14-8-4-7-13(9-14)12-5-2-3-6-12/h4,7-9,12,15,18H,2-3,5-6,10-11,17H2,1H3. The second kappa shape index (κ2) is 4.67. The van der Waals surface area contributed by atoms with E-state index >= 15 is 0 Å². The molecule has 2 atom stereocenters. The number of nitrogens with two attached hydrogens (primary N) is 1.